The van der Waals surface area contributed by atoms with Gasteiger partial charge in [0.15, 0.2) is 6.61 Å². The van der Waals surface area contributed by atoms with Crippen LogP contribution in [-0.4, -0.2) is 16.2 Å². The van der Waals surface area contributed by atoms with Crippen LogP contribution in [0.15, 0.2) is 33.2 Å². The Morgan fingerprint density at radius 3 is 3.00 bits per heavy atom. The van der Waals surface area contributed by atoms with E-state index >= 15 is 0 Å². The molecule has 0 aliphatic carbocycles. The molecule has 0 N–H and O–H groups in total. The normalized spacial score (nSPS) is 10.9. The highest BCUT2D eigenvalue weighted by atomic mass is 79.9. The molecule has 0 radical (unpaired) electrons. The molecular weight excluding hydrogens is 331 g/mol. The molecule has 0 bridgehead atoms. The second kappa shape index (κ2) is 6.42. The van der Waals surface area contributed by atoms with Gasteiger partial charge in [0.2, 0.25) is 5.89 Å². The van der Waals surface area contributed by atoms with Crippen molar-refractivity contribution in [3.63, 3.8) is 0 Å². The van der Waals surface area contributed by atoms with Crippen LogP contribution in [0.2, 0.25) is 0 Å². The number of hydrogen-bond acceptors (Lipinski definition) is 5. The minimum Gasteiger partial charge on any atom is -0.452 e. The lowest BCUT2D eigenvalue weighted by Gasteiger charge is -1.99. The molecule has 2 rings (SSSR count). The van der Waals surface area contributed by atoms with Gasteiger partial charge in [-0.25, -0.2) is 9.18 Å². The van der Waals surface area contributed by atoms with Crippen LogP contribution in [-0.2, 0) is 16.1 Å². The first-order valence-electron chi connectivity index (χ1n) is 5.63. The predicted molar refractivity (Wildman–Crippen MR) is 72.0 cm³/mol. The largest absolute Gasteiger partial charge is 0.452 e. The fourth-order valence-corrected chi connectivity index (χ4v) is 1.76. The number of halogens is 2. The first kappa shape index (κ1) is 14.4. The summed E-state index contributed by atoms with van der Waals surface area (Å²) in [5, 5.41) is 7.28. The van der Waals surface area contributed by atoms with E-state index in [1.54, 1.807) is 19.1 Å². The van der Waals surface area contributed by atoms with Gasteiger partial charge in [-0.1, -0.05) is 15.9 Å². The topological polar surface area (TPSA) is 65.2 Å². The number of esters is 1. The lowest BCUT2D eigenvalue weighted by atomic mass is 10.2. The highest BCUT2D eigenvalue weighted by Crippen LogP contribution is 2.16. The smallest absolute Gasteiger partial charge is 0.331 e. The van der Waals surface area contributed by atoms with Crippen LogP contribution in [0.25, 0.3) is 6.08 Å². The number of ether oxygens (including phenoxy) is 1. The lowest BCUT2D eigenvalue weighted by molar-refractivity contribution is -0.139. The van der Waals surface area contributed by atoms with Gasteiger partial charge in [-0.05, 0) is 24.3 Å². The Balaban J connectivity index is 1.93. The van der Waals surface area contributed by atoms with Crippen molar-refractivity contribution in [1.82, 2.24) is 10.2 Å². The maximum atomic E-state index is 13.4. The predicted octanol–water partition coefficient (Wildman–Crippen LogP) is 3.04. The van der Waals surface area contributed by atoms with Gasteiger partial charge in [0.1, 0.15) is 5.82 Å². The Morgan fingerprint density at radius 2 is 2.30 bits per heavy atom. The molecule has 1 aromatic carbocycles. The zero-order valence-corrected chi connectivity index (χ0v) is 12.1. The second-order valence-corrected chi connectivity index (χ2v) is 4.74. The summed E-state index contributed by atoms with van der Waals surface area (Å²) in [6.45, 7) is 1.51. The van der Waals surface area contributed by atoms with Gasteiger partial charge < -0.3 is 9.15 Å². The van der Waals surface area contributed by atoms with Gasteiger partial charge in [-0.3, -0.25) is 0 Å². The van der Waals surface area contributed by atoms with Crippen molar-refractivity contribution in [2.75, 3.05) is 0 Å². The molecule has 1 heterocycles. The van der Waals surface area contributed by atoms with E-state index in [0.717, 1.165) is 6.08 Å². The van der Waals surface area contributed by atoms with Crippen LogP contribution < -0.4 is 0 Å². The first-order valence-corrected chi connectivity index (χ1v) is 6.43. The Bertz CT molecular complexity index is 655. The third-order valence-corrected chi connectivity index (χ3v) is 2.76. The third-order valence-electron chi connectivity index (χ3n) is 2.26. The number of rotatable bonds is 4. The van der Waals surface area contributed by atoms with E-state index in [1.807, 2.05) is 0 Å². The quantitative estimate of drug-likeness (QED) is 0.632. The Kier molecular flexibility index (Phi) is 4.62. The molecule has 0 fully saturated rings. The van der Waals surface area contributed by atoms with Crippen LogP contribution in [0.4, 0.5) is 4.39 Å². The summed E-state index contributed by atoms with van der Waals surface area (Å²) < 4.78 is 24.1. The van der Waals surface area contributed by atoms with E-state index < -0.39 is 11.8 Å². The van der Waals surface area contributed by atoms with Crippen LogP contribution in [0.1, 0.15) is 17.3 Å². The van der Waals surface area contributed by atoms with Crippen molar-refractivity contribution in [3.05, 3.63) is 51.9 Å². The molecule has 0 spiro atoms. The molecule has 20 heavy (non-hydrogen) atoms. The molecular formula is C13H10BrFN2O3. The van der Waals surface area contributed by atoms with Crippen LogP contribution in [0.3, 0.4) is 0 Å². The average molecular weight is 341 g/mol. The third kappa shape index (κ3) is 3.99. The zero-order valence-electron chi connectivity index (χ0n) is 10.5. The molecule has 0 aliphatic rings. The molecule has 0 saturated carbocycles. The monoisotopic (exact) mass is 340 g/mol. The number of aryl methyl sites for hydroxylation is 1. The molecule has 5 nitrogen and oxygen atoms in total. The highest BCUT2D eigenvalue weighted by molar-refractivity contribution is 9.10. The molecule has 0 unspecified atom stereocenters. The standard InChI is InChI=1S/C13H10BrFN2O3/c1-8-16-17-12(20-8)7-19-13(18)5-2-9-6-10(14)3-4-11(9)15/h2-6H,7H2,1H3/b5-2-. The Morgan fingerprint density at radius 1 is 1.50 bits per heavy atom. The number of nitrogens with zero attached hydrogens (tertiary/aromatic N) is 2. The van der Waals surface area contributed by atoms with E-state index in [4.69, 9.17) is 9.15 Å². The number of carbonyl (C=O) groups excluding carboxylic acids is 1. The minimum atomic E-state index is -0.625. The van der Waals surface area contributed by atoms with E-state index in [2.05, 4.69) is 26.1 Å². The maximum Gasteiger partial charge on any atom is 0.331 e. The molecule has 0 amide bonds. The Labute approximate surface area is 122 Å². The van der Waals surface area contributed by atoms with Crippen LogP contribution in [0, 0.1) is 12.7 Å². The second-order valence-electron chi connectivity index (χ2n) is 3.82. The van der Waals surface area contributed by atoms with Crippen molar-refractivity contribution < 1.29 is 18.3 Å². The average Bonchev–Trinajstić information content (AvgIpc) is 2.83. The van der Waals surface area contributed by atoms with Gasteiger partial charge in [-0.2, -0.15) is 0 Å². The molecule has 1 aromatic heterocycles. The van der Waals surface area contributed by atoms with E-state index in [0.29, 0.717) is 10.4 Å². The number of benzene rings is 1. The summed E-state index contributed by atoms with van der Waals surface area (Å²) in [5.41, 5.74) is 0.282. The summed E-state index contributed by atoms with van der Waals surface area (Å²) in [5.74, 6) is -0.453. The van der Waals surface area contributed by atoms with Crippen molar-refractivity contribution in [1.29, 1.82) is 0 Å². The summed E-state index contributed by atoms with van der Waals surface area (Å²) in [4.78, 5) is 11.5. The summed E-state index contributed by atoms with van der Waals surface area (Å²) in [7, 11) is 0. The molecule has 0 saturated heterocycles. The van der Waals surface area contributed by atoms with E-state index in [-0.39, 0.29) is 18.1 Å². The van der Waals surface area contributed by atoms with Gasteiger partial charge in [0, 0.05) is 23.0 Å². The van der Waals surface area contributed by atoms with Crippen molar-refractivity contribution in [2.45, 2.75) is 13.5 Å². The van der Waals surface area contributed by atoms with Crippen molar-refractivity contribution in [2.24, 2.45) is 0 Å². The Hall–Kier alpha value is -2.02. The van der Waals surface area contributed by atoms with Crippen molar-refractivity contribution >= 4 is 28.0 Å². The first-order chi connectivity index (χ1) is 9.54. The van der Waals surface area contributed by atoms with Crippen molar-refractivity contribution in [3.8, 4) is 0 Å². The number of aromatic nitrogens is 2. The van der Waals surface area contributed by atoms with Gasteiger partial charge in [0.05, 0.1) is 0 Å². The van der Waals surface area contributed by atoms with Crippen LogP contribution >= 0.6 is 15.9 Å². The van der Waals surface area contributed by atoms with Gasteiger partial charge in [-0.15, -0.1) is 10.2 Å². The van der Waals surface area contributed by atoms with Gasteiger partial charge in [0.25, 0.3) is 5.89 Å². The fraction of sp³-hybridized carbons (Fsp3) is 0.154. The molecule has 104 valence electrons. The minimum absolute atomic E-state index is 0.120. The molecule has 7 heteroatoms. The summed E-state index contributed by atoms with van der Waals surface area (Å²) in [6, 6.07) is 4.43. The lowest BCUT2D eigenvalue weighted by Crippen LogP contribution is -2.01. The maximum absolute atomic E-state index is 13.4. The summed E-state index contributed by atoms with van der Waals surface area (Å²) >= 11 is 3.22. The summed E-state index contributed by atoms with van der Waals surface area (Å²) in [6.07, 6.45) is 2.47. The molecule has 0 aliphatic heterocycles. The highest BCUT2D eigenvalue weighted by Gasteiger charge is 2.05. The number of carbonyl (C=O) groups is 1. The van der Waals surface area contributed by atoms with Gasteiger partial charge >= 0.3 is 5.97 Å². The SMILES string of the molecule is Cc1nnc(COC(=O)/C=C\c2cc(Br)ccc2F)o1. The molecule has 2 aromatic rings. The molecule has 0 atom stereocenters. The van der Waals surface area contributed by atoms with E-state index in [9.17, 15) is 9.18 Å². The zero-order chi connectivity index (χ0) is 14.5. The van der Waals surface area contributed by atoms with Crippen LogP contribution in [0.5, 0.6) is 0 Å². The van der Waals surface area contributed by atoms with E-state index in [1.165, 1.54) is 12.1 Å². The number of hydrogen-bond donors (Lipinski definition) is 0. The fourth-order valence-electron chi connectivity index (χ4n) is 1.38.